The van der Waals surface area contributed by atoms with E-state index in [0.717, 1.165) is 28.9 Å². The number of hydrogen-bond donors (Lipinski definition) is 4. The zero-order valence-corrected chi connectivity index (χ0v) is 23.6. The number of anilines is 2. The number of hydrogen-bond acceptors (Lipinski definition) is 14. The molecule has 0 aliphatic carbocycles. The summed E-state index contributed by atoms with van der Waals surface area (Å²) in [6.45, 7) is -1.91. The van der Waals surface area contributed by atoms with Crippen LogP contribution in [0.2, 0.25) is 0 Å². The van der Waals surface area contributed by atoms with Crippen molar-refractivity contribution in [2.45, 2.75) is 56.7 Å². The third-order valence-electron chi connectivity index (χ3n) is 7.64. The van der Waals surface area contributed by atoms with Crippen LogP contribution < -0.4 is 9.80 Å². The molecule has 2 aromatic rings. The minimum absolute atomic E-state index is 0.278. The van der Waals surface area contributed by atoms with E-state index in [9.17, 15) is 20.4 Å². The zero-order chi connectivity index (χ0) is 29.8. The molecule has 4 aliphatic rings. The van der Waals surface area contributed by atoms with E-state index in [2.05, 4.69) is 34.1 Å². The predicted octanol–water partition coefficient (Wildman–Crippen LogP) is -0.345. The lowest BCUT2D eigenvalue weighted by atomic mass is 10.0. The molecular formula is C29H38N2O12. The van der Waals surface area contributed by atoms with E-state index in [1.54, 1.807) is 0 Å². The molecule has 0 bridgehead atoms. The van der Waals surface area contributed by atoms with Crippen LogP contribution in [0.15, 0.2) is 48.5 Å². The predicted molar refractivity (Wildman–Crippen MR) is 147 cm³/mol. The Labute approximate surface area is 248 Å². The lowest BCUT2D eigenvalue weighted by Crippen LogP contribution is -2.40. The van der Waals surface area contributed by atoms with Gasteiger partial charge in [-0.2, -0.15) is 0 Å². The maximum absolute atomic E-state index is 9.59. The summed E-state index contributed by atoms with van der Waals surface area (Å²) in [5, 5.41) is 38.4. The molecule has 14 heteroatoms. The van der Waals surface area contributed by atoms with E-state index in [4.69, 9.17) is 37.9 Å². The Morgan fingerprint density at radius 1 is 0.465 bits per heavy atom. The minimum atomic E-state index is -1.23. The van der Waals surface area contributed by atoms with Crippen LogP contribution in [-0.2, 0) is 44.3 Å². The van der Waals surface area contributed by atoms with Crippen LogP contribution in [0.25, 0.3) is 0 Å². The van der Waals surface area contributed by atoms with E-state index in [1.165, 1.54) is 0 Å². The fourth-order valence-electron chi connectivity index (χ4n) is 5.55. The second-order valence-corrected chi connectivity index (χ2v) is 10.9. The third-order valence-corrected chi connectivity index (χ3v) is 7.64. The van der Waals surface area contributed by atoms with Crippen molar-refractivity contribution >= 4 is 11.4 Å². The monoisotopic (exact) mass is 606 g/mol. The highest BCUT2D eigenvalue weighted by Gasteiger charge is 2.32. The molecule has 14 nitrogen and oxygen atoms in total. The Balaban J connectivity index is 1.09. The van der Waals surface area contributed by atoms with Crippen molar-refractivity contribution in [1.82, 2.24) is 0 Å². The molecule has 4 N–H and O–H groups in total. The Kier molecular flexibility index (Phi) is 10.0. The molecular weight excluding hydrogens is 568 g/mol. The standard InChI is InChI=1S/C29H38N2O12/c32-26-36-14-22(40-26)10-30(11-23-15-37-27(33)41-23)20-5-1-18(2-6-20)9-19-3-7-21(8-4-19)31(12-24-16-38-28(34)42-24)13-25-17-39-29(35)43-25/h1-8,22-29,32-35H,9-17H2. The molecule has 8 unspecified atom stereocenters. The summed E-state index contributed by atoms with van der Waals surface area (Å²) in [6, 6.07) is 16.4. The normalized spacial score (nSPS) is 32.5. The third kappa shape index (κ3) is 8.39. The number of nitrogens with zero attached hydrogens (tertiary/aromatic N) is 2. The van der Waals surface area contributed by atoms with Gasteiger partial charge in [0.25, 0.3) is 25.9 Å². The van der Waals surface area contributed by atoms with E-state index in [-0.39, 0.29) is 50.8 Å². The molecule has 0 amide bonds. The highest BCUT2D eigenvalue weighted by atomic mass is 16.8. The lowest BCUT2D eigenvalue weighted by molar-refractivity contribution is -0.205. The summed E-state index contributed by atoms with van der Waals surface area (Å²) in [6.07, 6.45) is -0.520. The van der Waals surface area contributed by atoms with Gasteiger partial charge in [0.1, 0.15) is 24.4 Å². The van der Waals surface area contributed by atoms with Crippen LogP contribution in [0.5, 0.6) is 0 Å². The first-order valence-corrected chi connectivity index (χ1v) is 14.3. The Hall–Kier alpha value is -2.44. The van der Waals surface area contributed by atoms with Gasteiger partial charge in [-0.05, 0) is 41.8 Å². The van der Waals surface area contributed by atoms with E-state index in [1.807, 2.05) is 24.3 Å². The first-order valence-electron chi connectivity index (χ1n) is 14.3. The molecule has 0 spiro atoms. The van der Waals surface area contributed by atoms with E-state index < -0.39 is 25.9 Å². The summed E-state index contributed by atoms with van der Waals surface area (Å²) < 4.78 is 42.3. The fraction of sp³-hybridized carbons (Fsp3) is 0.586. The summed E-state index contributed by atoms with van der Waals surface area (Å²) in [4.78, 5) is 4.14. The molecule has 4 saturated heterocycles. The van der Waals surface area contributed by atoms with E-state index >= 15 is 0 Å². The minimum Gasteiger partial charge on any atom is -0.366 e. The number of aliphatic hydroxyl groups is 4. The SMILES string of the molecule is OC1OCC(CN(CC2COC(O)O2)c2ccc(Cc3ccc(N(CC4COC(O)O4)CC4COC(O)O4)cc3)cc2)O1. The first-order chi connectivity index (χ1) is 20.9. The zero-order valence-electron chi connectivity index (χ0n) is 23.6. The van der Waals surface area contributed by atoms with Gasteiger partial charge in [0, 0.05) is 37.6 Å². The van der Waals surface area contributed by atoms with Crippen molar-refractivity contribution in [2.75, 3.05) is 62.4 Å². The van der Waals surface area contributed by atoms with Crippen molar-refractivity contribution in [3.8, 4) is 0 Å². The summed E-state index contributed by atoms with van der Waals surface area (Å²) in [7, 11) is 0. The smallest absolute Gasteiger partial charge is 0.269 e. The molecule has 8 atom stereocenters. The number of rotatable bonds is 12. The van der Waals surface area contributed by atoms with Gasteiger partial charge in [-0.3, -0.25) is 0 Å². The molecule has 2 aromatic carbocycles. The van der Waals surface area contributed by atoms with Gasteiger partial charge in [-0.25, -0.2) is 0 Å². The van der Waals surface area contributed by atoms with Crippen molar-refractivity contribution in [2.24, 2.45) is 0 Å². The van der Waals surface area contributed by atoms with Crippen molar-refractivity contribution in [1.29, 1.82) is 0 Å². The maximum Gasteiger partial charge on any atom is 0.269 e. The molecule has 4 fully saturated rings. The number of aliphatic hydroxyl groups excluding tert-OH is 4. The van der Waals surface area contributed by atoms with Gasteiger partial charge in [0.15, 0.2) is 0 Å². The molecule has 0 saturated carbocycles. The topological polar surface area (TPSA) is 161 Å². The maximum atomic E-state index is 9.59. The molecule has 236 valence electrons. The highest BCUT2D eigenvalue weighted by molar-refractivity contribution is 5.51. The van der Waals surface area contributed by atoms with Gasteiger partial charge in [-0.15, -0.1) is 0 Å². The fourth-order valence-corrected chi connectivity index (χ4v) is 5.55. The number of ether oxygens (including phenoxy) is 8. The van der Waals surface area contributed by atoms with Crippen LogP contribution in [0.4, 0.5) is 11.4 Å². The second-order valence-electron chi connectivity index (χ2n) is 10.9. The summed E-state index contributed by atoms with van der Waals surface area (Å²) in [5.41, 5.74) is 4.12. The molecule has 4 heterocycles. The van der Waals surface area contributed by atoms with Gasteiger partial charge in [0.2, 0.25) is 0 Å². The quantitative estimate of drug-likeness (QED) is 0.248. The molecule has 4 aliphatic heterocycles. The summed E-state index contributed by atoms with van der Waals surface area (Å²) >= 11 is 0. The molecule has 0 radical (unpaired) electrons. The van der Waals surface area contributed by atoms with Gasteiger partial charge < -0.3 is 68.1 Å². The van der Waals surface area contributed by atoms with Crippen LogP contribution in [0.1, 0.15) is 11.1 Å². The van der Waals surface area contributed by atoms with Crippen LogP contribution in [-0.4, -0.2) is 123 Å². The molecule has 0 aromatic heterocycles. The average Bonchev–Trinajstić information content (AvgIpc) is 3.80. The first kappa shape index (κ1) is 30.6. The Morgan fingerprint density at radius 3 is 0.977 bits per heavy atom. The Morgan fingerprint density at radius 2 is 0.744 bits per heavy atom. The molecule has 43 heavy (non-hydrogen) atoms. The molecule has 6 rings (SSSR count). The van der Waals surface area contributed by atoms with Crippen molar-refractivity contribution in [3.05, 3.63) is 59.7 Å². The van der Waals surface area contributed by atoms with E-state index in [0.29, 0.717) is 26.2 Å². The van der Waals surface area contributed by atoms with Gasteiger partial charge in [-0.1, -0.05) is 24.3 Å². The Bertz CT molecular complexity index is 1020. The van der Waals surface area contributed by atoms with Gasteiger partial charge >= 0.3 is 0 Å². The van der Waals surface area contributed by atoms with Crippen LogP contribution >= 0.6 is 0 Å². The van der Waals surface area contributed by atoms with Crippen LogP contribution in [0, 0.1) is 0 Å². The van der Waals surface area contributed by atoms with Crippen LogP contribution in [0.3, 0.4) is 0 Å². The lowest BCUT2D eigenvalue weighted by Gasteiger charge is -2.29. The highest BCUT2D eigenvalue weighted by Crippen LogP contribution is 2.25. The average molecular weight is 607 g/mol. The van der Waals surface area contributed by atoms with Crippen molar-refractivity contribution < 1.29 is 58.3 Å². The van der Waals surface area contributed by atoms with Gasteiger partial charge in [0.05, 0.1) is 26.4 Å². The van der Waals surface area contributed by atoms with Crippen molar-refractivity contribution in [3.63, 3.8) is 0 Å². The number of benzene rings is 2. The summed E-state index contributed by atoms with van der Waals surface area (Å²) in [5.74, 6) is 0. The largest absolute Gasteiger partial charge is 0.366 e. The second kappa shape index (κ2) is 14.1.